The minimum absolute atomic E-state index is 0.170. The van der Waals surface area contributed by atoms with Gasteiger partial charge in [0.15, 0.2) is 5.78 Å². The Balaban J connectivity index is 2.69. The van der Waals surface area contributed by atoms with Crippen LogP contribution in [0.3, 0.4) is 0 Å². The fraction of sp³-hybridized carbons (Fsp3) is 0.583. The van der Waals surface area contributed by atoms with Crippen molar-refractivity contribution in [1.29, 1.82) is 0 Å². The van der Waals surface area contributed by atoms with Crippen molar-refractivity contribution >= 4 is 5.78 Å². The molecule has 0 heterocycles. The maximum absolute atomic E-state index is 11.0. The molecule has 0 N–H and O–H groups in total. The van der Waals surface area contributed by atoms with Gasteiger partial charge in [0.2, 0.25) is 0 Å². The molecule has 1 rings (SSSR count). The second kappa shape index (κ2) is 3.49. The largest absolute Gasteiger partial charge is 0.295 e. The Morgan fingerprint density at radius 1 is 1.46 bits per heavy atom. The summed E-state index contributed by atoms with van der Waals surface area (Å²) in [7, 11) is 0. The van der Waals surface area contributed by atoms with E-state index in [0.717, 1.165) is 12.0 Å². The molecule has 0 spiro atoms. The fourth-order valence-corrected chi connectivity index (χ4v) is 1.52. The molecule has 1 nitrogen and oxygen atoms in total. The highest BCUT2D eigenvalue weighted by molar-refractivity contribution is 5.96. The van der Waals surface area contributed by atoms with Crippen molar-refractivity contribution in [2.24, 2.45) is 11.3 Å². The van der Waals surface area contributed by atoms with Crippen LogP contribution < -0.4 is 0 Å². The molecule has 1 heteroatoms. The van der Waals surface area contributed by atoms with Gasteiger partial charge in [-0.3, -0.25) is 4.79 Å². The zero-order valence-corrected chi connectivity index (χ0v) is 8.92. The lowest BCUT2D eigenvalue weighted by atomic mass is 9.76. The molecule has 0 saturated heterocycles. The van der Waals surface area contributed by atoms with Crippen molar-refractivity contribution in [3.63, 3.8) is 0 Å². The Labute approximate surface area is 80.5 Å². The van der Waals surface area contributed by atoms with E-state index < -0.39 is 0 Å². The van der Waals surface area contributed by atoms with E-state index in [1.807, 2.05) is 6.08 Å². The standard InChI is InChI=1S/C12H18O/c1-9(13)10-5-7-11(8-6-10)12(2,3)4/h5-7,11H,8H2,1-4H3. The lowest BCUT2D eigenvalue weighted by molar-refractivity contribution is -0.113. The molecular formula is C12H18O. The second-order valence-corrected chi connectivity index (χ2v) is 4.78. The number of carbonyl (C=O) groups excluding carboxylic acids is 1. The van der Waals surface area contributed by atoms with Gasteiger partial charge in [-0.2, -0.15) is 0 Å². The van der Waals surface area contributed by atoms with E-state index in [1.165, 1.54) is 0 Å². The molecule has 1 aliphatic carbocycles. The predicted molar refractivity (Wildman–Crippen MR) is 55.5 cm³/mol. The molecule has 0 aromatic rings. The van der Waals surface area contributed by atoms with Gasteiger partial charge in [0.05, 0.1) is 0 Å². The second-order valence-electron chi connectivity index (χ2n) is 4.78. The van der Waals surface area contributed by atoms with Gasteiger partial charge in [0.1, 0.15) is 0 Å². The molecule has 0 aromatic heterocycles. The summed E-state index contributed by atoms with van der Waals surface area (Å²) in [4.78, 5) is 11.0. The zero-order chi connectivity index (χ0) is 10.1. The highest BCUT2D eigenvalue weighted by atomic mass is 16.1. The first kappa shape index (κ1) is 10.2. The van der Waals surface area contributed by atoms with Gasteiger partial charge >= 0.3 is 0 Å². The van der Waals surface area contributed by atoms with Crippen molar-refractivity contribution in [2.45, 2.75) is 34.1 Å². The topological polar surface area (TPSA) is 17.1 Å². The third kappa shape index (κ3) is 2.55. The number of Topliss-reactive ketones (excluding diaryl/α,β-unsaturated/α-hetero) is 1. The molecule has 1 atom stereocenters. The van der Waals surface area contributed by atoms with Crippen LogP contribution in [0.2, 0.25) is 0 Å². The summed E-state index contributed by atoms with van der Waals surface area (Å²) in [5.41, 5.74) is 1.16. The molecule has 1 unspecified atom stereocenters. The van der Waals surface area contributed by atoms with Gasteiger partial charge < -0.3 is 0 Å². The van der Waals surface area contributed by atoms with E-state index in [1.54, 1.807) is 6.92 Å². The summed E-state index contributed by atoms with van der Waals surface area (Å²) in [5, 5.41) is 0. The molecule has 0 saturated carbocycles. The SMILES string of the molecule is CC(=O)C1=CCC(C(C)(C)C)C=C1. The smallest absolute Gasteiger partial charge is 0.159 e. The van der Waals surface area contributed by atoms with Crippen molar-refractivity contribution < 1.29 is 4.79 Å². The van der Waals surface area contributed by atoms with Crippen LogP contribution in [0.25, 0.3) is 0 Å². The number of hydrogen-bond acceptors (Lipinski definition) is 1. The van der Waals surface area contributed by atoms with Gasteiger partial charge in [-0.05, 0) is 24.7 Å². The Bertz CT molecular complexity index is 263. The number of ketones is 1. The Hall–Kier alpha value is -0.850. The summed E-state index contributed by atoms with van der Waals surface area (Å²) in [6, 6.07) is 0. The molecule has 72 valence electrons. The van der Waals surface area contributed by atoms with Crippen molar-refractivity contribution in [2.75, 3.05) is 0 Å². The number of carbonyl (C=O) groups is 1. The highest BCUT2D eigenvalue weighted by Gasteiger charge is 2.23. The van der Waals surface area contributed by atoms with Gasteiger partial charge in [-0.15, -0.1) is 0 Å². The Morgan fingerprint density at radius 2 is 2.08 bits per heavy atom. The Kier molecular flexibility index (Phi) is 2.74. The highest BCUT2D eigenvalue weighted by Crippen LogP contribution is 2.33. The molecule has 1 aliphatic rings. The predicted octanol–water partition coefficient (Wildman–Crippen LogP) is 3.12. The van der Waals surface area contributed by atoms with Crippen LogP contribution >= 0.6 is 0 Å². The molecule has 0 bridgehead atoms. The van der Waals surface area contributed by atoms with Gasteiger partial charge in [0.25, 0.3) is 0 Å². The first-order valence-corrected chi connectivity index (χ1v) is 4.80. The molecule has 0 aromatic carbocycles. The summed E-state index contributed by atoms with van der Waals surface area (Å²) >= 11 is 0. The maximum Gasteiger partial charge on any atom is 0.159 e. The van der Waals surface area contributed by atoms with Gasteiger partial charge in [-0.25, -0.2) is 0 Å². The van der Waals surface area contributed by atoms with E-state index in [9.17, 15) is 4.79 Å². The van der Waals surface area contributed by atoms with Crippen LogP contribution in [-0.4, -0.2) is 5.78 Å². The first-order valence-electron chi connectivity index (χ1n) is 4.80. The van der Waals surface area contributed by atoms with E-state index in [-0.39, 0.29) is 5.78 Å². The minimum atomic E-state index is 0.170. The molecule has 0 radical (unpaired) electrons. The van der Waals surface area contributed by atoms with Crippen LogP contribution in [0.1, 0.15) is 34.1 Å². The lowest BCUT2D eigenvalue weighted by Gasteiger charge is -2.29. The lowest BCUT2D eigenvalue weighted by Crippen LogP contribution is -2.19. The Morgan fingerprint density at radius 3 is 2.38 bits per heavy atom. The van der Waals surface area contributed by atoms with Crippen molar-refractivity contribution in [1.82, 2.24) is 0 Å². The summed E-state index contributed by atoms with van der Waals surface area (Å²) in [6.45, 7) is 8.31. The third-order valence-electron chi connectivity index (χ3n) is 2.62. The normalized spacial score (nSPS) is 22.8. The van der Waals surface area contributed by atoms with Crippen molar-refractivity contribution in [3.8, 4) is 0 Å². The minimum Gasteiger partial charge on any atom is -0.295 e. The number of hydrogen-bond donors (Lipinski definition) is 0. The van der Waals surface area contributed by atoms with E-state index in [2.05, 4.69) is 32.9 Å². The van der Waals surface area contributed by atoms with Crippen LogP contribution in [0.5, 0.6) is 0 Å². The fourth-order valence-electron chi connectivity index (χ4n) is 1.52. The van der Waals surface area contributed by atoms with Crippen LogP contribution in [-0.2, 0) is 4.79 Å². The van der Waals surface area contributed by atoms with Crippen LogP contribution in [0.15, 0.2) is 23.8 Å². The first-order chi connectivity index (χ1) is 5.91. The number of rotatable bonds is 1. The summed E-state index contributed by atoms with van der Waals surface area (Å²) < 4.78 is 0. The third-order valence-corrected chi connectivity index (χ3v) is 2.62. The van der Waals surface area contributed by atoms with E-state index in [4.69, 9.17) is 0 Å². The average Bonchev–Trinajstić information content (AvgIpc) is 2.03. The molecule has 13 heavy (non-hydrogen) atoms. The zero-order valence-electron chi connectivity index (χ0n) is 8.92. The molecule has 0 amide bonds. The number of allylic oxidation sites excluding steroid dienone is 4. The van der Waals surface area contributed by atoms with Crippen LogP contribution in [0.4, 0.5) is 0 Å². The summed E-state index contributed by atoms with van der Waals surface area (Å²) in [6.07, 6.45) is 7.17. The average molecular weight is 178 g/mol. The maximum atomic E-state index is 11.0. The monoisotopic (exact) mass is 178 g/mol. The van der Waals surface area contributed by atoms with Gasteiger partial charge in [0, 0.05) is 5.57 Å². The summed E-state index contributed by atoms with van der Waals surface area (Å²) in [5.74, 6) is 0.735. The molecular weight excluding hydrogens is 160 g/mol. The van der Waals surface area contributed by atoms with E-state index in [0.29, 0.717) is 11.3 Å². The van der Waals surface area contributed by atoms with E-state index >= 15 is 0 Å². The molecule has 0 fully saturated rings. The quantitative estimate of drug-likeness (QED) is 0.603. The van der Waals surface area contributed by atoms with Gasteiger partial charge in [-0.1, -0.05) is 39.0 Å². The van der Waals surface area contributed by atoms with Crippen LogP contribution in [0, 0.1) is 11.3 Å². The van der Waals surface area contributed by atoms with Crippen molar-refractivity contribution in [3.05, 3.63) is 23.8 Å². The molecule has 0 aliphatic heterocycles.